The molecule has 0 aromatic heterocycles. The lowest BCUT2D eigenvalue weighted by Crippen LogP contribution is -2.45. The maximum Gasteiger partial charge on any atom is 0.136 e. The molecule has 0 saturated heterocycles. The molecule has 2 unspecified atom stereocenters. The Morgan fingerprint density at radius 2 is 1.92 bits per heavy atom. The van der Waals surface area contributed by atoms with E-state index in [-0.39, 0.29) is 15.8 Å². The topological polar surface area (TPSA) is 44.3 Å². The van der Waals surface area contributed by atoms with Crippen LogP contribution in [0.5, 0.6) is 0 Å². The highest BCUT2D eigenvalue weighted by Gasteiger charge is 2.50. The summed E-state index contributed by atoms with van der Waals surface area (Å²) in [6, 6.07) is 6.70. The molecule has 3 nitrogen and oxygen atoms in total. The number of halogens is 1. The molecule has 1 fully saturated rings. The van der Waals surface area contributed by atoms with Gasteiger partial charge in [0.05, 0.1) is 5.60 Å². The van der Waals surface area contributed by atoms with Gasteiger partial charge >= 0.3 is 0 Å². The van der Waals surface area contributed by atoms with Crippen molar-refractivity contribution in [1.82, 2.24) is 4.72 Å². The molecule has 0 radical (unpaired) electrons. The number of ether oxygens (including phenoxy) is 1. The van der Waals surface area contributed by atoms with E-state index >= 15 is 0 Å². The van der Waals surface area contributed by atoms with Crippen molar-refractivity contribution in [3.63, 3.8) is 0 Å². The van der Waals surface area contributed by atoms with E-state index in [0.717, 1.165) is 43.1 Å². The smallest absolute Gasteiger partial charge is 0.136 e. The largest absolute Gasteiger partial charge is 0.598 e. The van der Waals surface area contributed by atoms with Gasteiger partial charge in [-0.3, -0.25) is 0 Å². The lowest BCUT2D eigenvalue weighted by molar-refractivity contribution is -0.0566. The number of methoxy groups -OCH3 is 1. The molecule has 26 heavy (non-hydrogen) atoms. The van der Waals surface area contributed by atoms with Crippen molar-refractivity contribution in [2.75, 3.05) is 13.7 Å². The zero-order valence-electron chi connectivity index (χ0n) is 16.7. The quantitative estimate of drug-likeness (QED) is 0.660. The van der Waals surface area contributed by atoms with Gasteiger partial charge in [-0.2, -0.15) is 0 Å². The maximum atomic E-state index is 12.6. The van der Waals surface area contributed by atoms with E-state index < -0.39 is 11.4 Å². The summed E-state index contributed by atoms with van der Waals surface area (Å²) < 4.78 is 22.6. The highest BCUT2D eigenvalue weighted by molar-refractivity contribution is 9.10. The molecule has 5 heteroatoms. The third-order valence-corrected chi connectivity index (χ3v) is 8.57. The average molecular weight is 442 g/mol. The molecule has 2 aliphatic rings. The highest BCUT2D eigenvalue weighted by Crippen LogP contribution is 2.57. The van der Waals surface area contributed by atoms with Gasteiger partial charge in [0, 0.05) is 35.4 Å². The summed E-state index contributed by atoms with van der Waals surface area (Å²) in [5.74, 6) is 0.405. The summed E-state index contributed by atoms with van der Waals surface area (Å²) in [7, 11) is 1.84. The molecule has 0 amide bonds. The SMILES string of the molecule is CO[C@]1(C)CC[C@@]2(CC1)Cc1ccc(Br)cc1C2CN[S+]([O-])C(C)(C)C. The molecular formula is C21H32BrNO2S. The minimum absolute atomic E-state index is 0.00676. The fraction of sp³-hybridized carbons (Fsp3) is 0.714. The van der Waals surface area contributed by atoms with E-state index in [1.54, 1.807) is 0 Å². The van der Waals surface area contributed by atoms with Crippen LogP contribution in [0.25, 0.3) is 0 Å². The van der Waals surface area contributed by atoms with Crippen LogP contribution in [-0.4, -0.2) is 28.6 Å². The van der Waals surface area contributed by atoms with Crippen molar-refractivity contribution in [2.45, 2.75) is 76.1 Å². The van der Waals surface area contributed by atoms with Crippen molar-refractivity contribution in [2.24, 2.45) is 5.41 Å². The Balaban J connectivity index is 1.85. The lowest BCUT2D eigenvalue weighted by Gasteiger charge is -2.46. The minimum atomic E-state index is -1.04. The van der Waals surface area contributed by atoms with Crippen molar-refractivity contribution < 1.29 is 9.29 Å². The van der Waals surface area contributed by atoms with Crippen LogP contribution in [0.15, 0.2) is 22.7 Å². The Morgan fingerprint density at radius 3 is 2.50 bits per heavy atom. The summed E-state index contributed by atoms with van der Waals surface area (Å²) in [4.78, 5) is 0. The second kappa shape index (κ2) is 7.40. The zero-order valence-corrected chi connectivity index (χ0v) is 19.1. The first-order valence-electron chi connectivity index (χ1n) is 9.57. The predicted octanol–water partition coefficient (Wildman–Crippen LogP) is 5.11. The third-order valence-electron chi connectivity index (χ3n) is 6.54. The molecule has 2 atom stereocenters. The Bertz CT molecular complexity index is 650. The van der Waals surface area contributed by atoms with Gasteiger partial charge in [0.1, 0.15) is 4.75 Å². The molecular weight excluding hydrogens is 410 g/mol. The Morgan fingerprint density at radius 1 is 1.27 bits per heavy atom. The molecule has 1 saturated carbocycles. The fourth-order valence-electron chi connectivity index (χ4n) is 4.59. The number of rotatable bonds is 4. The Hall–Kier alpha value is -0.0700. The number of fused-ring (bicyclic) bond motifs is 1. The van der Waals surface area contributed by atoms with Crippen LogP contribution in [0, 0.1) is 5.41 Å². The third kappa shape index (κ3) is 4.02. The van der Waals surface area contributed by atoms with Crippen molar-refractivity contribution in [1.29, 1.82) is 0 Å². The van der Waals surface area contributed by atoms with Gasteiger partial charge in [-0.25, -0.2) is 0 Å². The first kappa shape index (κ1) is 20.7. The van der Waals surface area contributed by atoms with E-state index in [9.17, 15) is 4.55 Å². The standard InChI is InChI=1S/C21H32BrNO2S/c1-19(2,3)26(24)23-14-18-17-12-16(22)7-6-15(17)13-21(18)10-8-20(4,25-5)9-11-21/h6-7,12,18,23H,8-11,13-14H2,1-5H3/t18?,20-,21-,26?. The number of hydrogen-bond donors (Lipinski definition) is 1. The Labute approximate surface area is 170 Å². The molecule has 146 valence electrons. The number of hydrogen-bond acceptors (Lipinski definition) is 3. The normalized spacial score (nSPS) is 32.7. The van der Waals surface area contributed by atoms with Crippen molar-refractivity contribution >= 4 is 27.3 Å². The van der Waals surface area contributed by atoms with Gasteiger partial charge in [-0.05, 0) is 88.5 Å². The molecule has 2 aliphatic carbocycles. The van der Waals surface area contributed by atoms with Gasteiger partial charge in [0.15, 0.2) is 0 Å². The molecule has 1 aromatic rings. The van der Waals surface area contributed by atoms with Crippen molar-refractivity contribution in [3.8, 4) is 0 Å². The number of nitrogens with one attached hydrogen (secondary N) is 1. The summed E-state index contributed by atoms with van der Waals surface area (Å²) >= 11 is 2.61. The average Bonchev–Trinajstić information content (AvgIpc) is 2.87. The lowest BCUT2D eigenvalue weighted by atomic mass is 9.63. The molecule has 0 bridgehead atoms. The van der Waals surface area contributed by atoms with E-state index in [0.29, 0.717) is 5.92 Å². The van der Waals surface area contributed by atoms with E-state index in [4.69, 9.17) is 4.74 Å². The first-order valence-corrected chi connectivity index (χ1v) is 11.5. The van der Waals surface area contributed by atoms with Crippen LogP contribution >= 0.6 is 15.9 Å². The molecule has 3 rings (SSSR count). The zero-order chi connectivity index (χ0) is 19.2. The predicted molar refractivity (Wildman–Crippen MR) is 113 cm³/mol. The monoisotopic (exact) mass is 441 g/mol. The van der Waals surface area contributed by atoms with Crippen LogP contribution in [0.4, 0.5) is 0 Å². The van der Waals surface area contributed by atoms with Gasteiger partial charge in [0.2, 0.25) is 0 Å². The second-order valence-corrected chi connectivity index (χ2v) is 12.3. The summed E-state index contributed by atoms with van der Waals surface area (Å²) in [5.41, 5.74) is 3.16. The van der Waals surface area contributed by atoms with Crippen molar-refractivity contribution in [3.05, 3.63) is 33.8 Å². The molecule has 1 N–H and O–H groups in total. The van der Waals surface area contributed by atoms with Crippen LogP contribution in [-0.2, 0) is 22.5 Å². The van der Waals surface area contributed by atoms with Crippen LogP contribution in [0.2, 0.25) is 0 Å². The van der Waals surface area contributed by atoms with E-state index in [2.05, 4.69) is 45.8 Å². The van der Waals surface area contributed by atoms with E-state index in [1.807, 2.05) is 27.9 Å². The van der Waals surface area contributed by atoms with Crippen LogP contribution < -0.4 is 4.72 Å². The molecule has 0 heterocycles. The highest BCUT2D eigenvalue weighted by atomic mass is 79.9. The van der Waals surface area contributed by atoms with Gasteiger partial charge < -0.3 is 9.29 Å². The van der Waals surface area contributed by atoms with Gasteiger partial charge in [0.25, 0.3) is 0 Å². The summed E-state index contributed by atoms with van der Waals surface area (Å²) in [6.45, 7) is 9.08. The summed E-state index contributed by atoms with van der Waals surface area (Å²) in [5, 5.41) is 0. The van der Waals surface area contributed by atoms with Gasteiger partial charge in [-0.15, -0.1) is 4.72 Å². The summed E-state index contributed by atoms with van der Waals surface area (Å²) in [6.07, 6.45) is 5.65. The van der Waals surface area contributed by atoms with Gasteiger partial charge in [-0.1, -0.05) is 22.0 Å². The minimum Gasteiger partial charge on any atom is -0.598 e. The number of benzene rings is 1. The van der Waals surface area contributed by atoms with Crippen LogP contribution in [0.1, 0.15) is 70.4 Å². The van der Waals surface area contributed by atoms with E-state index in [1.165, 1.54) is 11.1 Å². The molecule has 1 aromatic carbocycles. The Kier molecular flexibility index (Phi) is 5.88. The second-order valence-electron chi connectivity index (χ2n) is 9.32. The first-order chi connectivity index (χ1) is 12.1. The van der Waals surface area contributed by atoms with Crippen LogP contribution in [0.3, 0.4) is 0 Å². The molecule has 0 aliphatic heterocycles. The fourth-order valence-corrected chi connectivity index (χ4v) is 5.72. The maximum absolute atomic E-state index is 12.6. The molecule has 1 spiro atoms.